The number of nitrogens with zero attached hydrogens (tertiary/aromatic N) is 1. The van der Waals surface area contributed by atoms with Crippen molar-refractivity contribution in [2.45, 2.75) is 19.9 Å². The summed E-state index contributed by atoms with van der Waals surface area (Å²) >= 11 is 5.12. The molecule has 0 bridgehead atoms. The third kappa shape index (κ3) is 2.62. The summed E-state index contributed by atoms with van der Waals surface area (Å²) in [6, 6.07) is 6.50. The van der Waals surface area contributed by atoms with Crippen molar-refractivity contribution in [3.63, 3.8) is 0 Å². The van der Waals surface area contributed by atoms with Crippen molar-refractivity contribution in [2.75, 3.05) is 5.32 Å². The van der Waals surface area contributed by atoms with Gasteiger partial charge in [-0.05, 0) is 37.6 Å². The molecule has 0 amide bonds. The number of benzene rings is 1. The number of hydrogen-bond acceptors (Lipinski definition) is 3. The van der Waals surface area contributed by atoms with Gasteiger partial charge in [-0.1, -0.05) is 15.9 Å². The van der Waals surface area contributed by atoms with Gasteiger partial charge in [0.25, 0.3) is 0 Å². The predicted octanol–water partition coefficient (Wildman–Crippen LogP) is 4.39. The van der Waals surface area contributed by atoms with Gasteiger partial charge < -0.3 is 5.32 Å². The van der Waals surface area contributed by atoms with Crippen LogP contribution in [0.3, 0.4) is 0 Å². The number of nitrogens with one attached hydrogen (secondary N) is 1. The minimum Gasteiger partial charge on any atom is -0.377 e. The van der Waals surface area contributed by atoms with Crippen molar-refractivity contribution in [1.82, 2.24) is 4.98 Å². The Kier molecular flexibility index (Phi) is 3.61. The number of hydrogen-bond donors (Lipinski definition) is 1. The number of aryl methyl sites for hydroxylation is 1. The number of anilines is 1. The van der Waals surface area contributed by atoms with Gasteiger partial charge in [-0.15, -0.1) is 11.3 Å². The van der Waals surface area contributed by atoms with Crippen LogP contribution < -0.4 is 5.32 Å². The molecule has 1 atom stereocenters. The van der Waals surface area contributed by atoms with E-state index >= 15 is 0 Å². The predicted molar refractivity (Wildman–Crippen MR) is 73.0 cm³/mol. The molecule has 0 saturated carbocycles. The fourth-order valence-corrected chi connectivity index (χ4v) is 2.39. The highest BCUT2D eigenvalue weighted by molar-refractivity contribution is 9.10. The van der Waals surface area contributed by atoms with E-state index in [0.717, 1.165) is 15.9 Å². The maximum Gasteiger partial charge on any atom is 0.0795 e. The average Bonchev–Trinajstić information content (AvgIpc) is 2.77. The van der Waals surface area contributed by atoms with E-state index in [1.807, 2.05) is 5.51 Å². The fourth-order valence-electron chi connectivity index (χ4n) is 1.49. The minimum absolute atomic E-state index is 0.242. The molecule has 0 aliphatic carbocycles. The Morgan fingerprint density at radius 3 is 2.88 bits per heavy atom. The van der Waals surface area contributed by atoms with Gasteiger partial charge in [0.05, 0.1) is 17.2 Å². The molecule has 0 radical (unpaired) electrons. The molecule has 16 heavy (non-hydrogen) atoms. The number of thiazole rings is 1. The zero-order valence-electron chi connectivity index (χ0n) is 9.20. The molecule has 2 nitrogen and oxygen atoms in total. The van der Waals surface area contributed by atoms with Gasteiger partial charge in [-0.2, -0.15) is 0 Å². The average molecular weight is 297 g/mol. The molecule has 0 aliphatic rings. The van der Waals surface area contributed by atoms with Crippen LogP contribution in [0, 0.1) is 6.92 Å². The Bertz CT molecular complexity index is 468. The van der Waals surface area contributed by atoms with Crippen LogP contribution in [0.2, 0.25) is 0 Å². The van der Waals surface area contributed by atoms with Crippen LogP contribution in [-0.4, -0.2) is 4.98 Å². The van der Waals surface area contributed by atoms with E-state index in [0.29, 0.717) is 0 Å². The van der Waals surface area contributed by atoms with Crippen LogP contribution in [0.25, 0.3) is 0 Å². The molecule has 2 aromatic rings. The van der Waals surface area contributed by atoms with E-state index in [1.165, 1.54) is 5.56 Å². The summed E-state index contributed by atoms with van der Waals surface area (Å²) in [4.78, 5) is 4.30. The summed E-state index contributed by atoms with van der Waals surface area (Å²) in [6.07, 6.45) is 0. The van der Waals surface area contributed by atoms with Gasteiger partial charge >= 0.3 is 0 Å². The molecule has 0 spiro atoms. The second-order valence-corrected chi connectivity index (χ2v) is 5.32. The molecule has 1 heterocycles. The highest BCUT2D eigenvalue weighted by Crippen LogP contribution is 2.23. The van der Waals surface area contributed by atoms with Crippen molar-refractivity contribution in [2.24, 2.45) is 0 Å². The van der Waals surface area contributed by atoms with Gasteiger partial charge in [-0.25, -0.2) is 4.98 Å². The first-order chi connectivity index (χ1) is 7.66. The SMILES string of the molecule is Cc1cc(NC(C)c2cscn2)ccc1Br. The Balaban J connectivity index is 2.12. The van der Waals surface area contributed by atoms with Crippen LogP contribution in [0.15, 0.2) is 33.6 Å². The number of aromatic nitrogens is 1. The Morgan fingerprint density at radius 1 is 1.44 bits per heavy atom. The third-order valence-electron chi connectivity index (χ3n) is 2.44. The van der Waals surface area contributed by atoms with Gasteiger partial charge in [0.1, 0.15) is 0 Å². The lowest BCUT2D eigenvalue weighted by atomic mass is 10.2. The zero-order chi connectivity index (χ0) is 11.5. The van der Waals surface area contributed by atoms with Gasteiger partial charge in [-0.3, -0.25) is 0 Å². The van der Waals surface area contributed by atoms with Crippen molar-refractivity contribution < 1.29 is 0 Å². The first-order valence-electron chi connectivity index (χ1n) is 5.07. The van der Waals surface area contributed by atoms with E-state index < -0.39 is 0 Å². The van der Waals surface area contributed by atoms with Crippen molar-refractivity contribution in [3.8, 4) is 0 Å². The third-order valence-corrected chi connectivity index (χ3v) is 3.93. The zero-order valence-corrected chi connectivity index (χ0v) is 11.6. The smallest absolute Gasteiger partial charge is 0.0795 e. The van der Waals surface area contributed by atoms with Gasteiger partial charge in [0, 0.05) is 15.5 Å². The van der Waals surface area contributed by atoms with Gasteiger partial charge in [0.15, 0.2) is 0 Å². The van der Waals surface area contributed by atoms with E-state index in [4.69, 9.17) is 0 Å². The summed E-state index contributed by atoms with van der Waals surface area (Å²) in [5, 5.41) is 5.51. The normalized spacial score (nSPS) is 12.4. The molecule has 1 aromatic heterocycles. The molecule has 1 N–H and O–H groups in total. The first-order valence-corrected chi connectivity index (χ1v) is 6.81. The van der Waals surface area contributed by atoms with E-state index in [2.05, 4.69) is 63.7 Å². The highest BCUT2D eigenvalue weighted by atomic mass is 79.9. The van der Waals surface area contributed by atoms with E-state index in [-0.39, 0.29) is 6.04 Å². The van der Waals surface area contributed by atoms with Crippen LogP contribution in [-0.2, 0) is 0 Å². The molecule has 1 aromatic carbocycles. The van der Waals surface area contributed by atoms with Crippen LogP contribution in [0.4, 0.5) is 5.69 Å². The van der Waals surface area contributed by atoms with Gasteiger partial charge in [0.2, 0.25) is 0 Å². The first kappa shape index (κ1) is 11.6. The van der Waals surface area contributed by atoms with E-state index in [9.17, 15) is 0 Å². The molecule has 84 valence electrons. The van der Waals surface area contributed by atoms with Crippen LogP contribution in [0.5, 0.6) is 0 Å². The molecule has 1 unspecified atom stereocenters. The summed E-state index contributed by atoms with van der Waals surface area (Å²) in [6.45, 7) is 4.20. The summed E-state index contributed by atoms with van der Waals surface area (Å²) in [5.74, 6) is 0. The molecular formula is C12H13BrN2S. The lowest BCUT2D eigenvalue weighted by Gasteiger charge is -2.13. The number of halogens is 1. The lowest BCUT2D eigenvalue weighted by molar-refractivity contribution is 0.850. The highest BCUT2D eigenvalue weighted by Gasteiger charge is 2.07. The summed E-state index contributed by atoms with van der Waals surface area (Å²) < 4.78 is 1.14. The van der Waals surface area contributed by atoms with Crippen molar-refractivity contribution in [1.29, 1.82) is 0 Å². The monoisotopic (exact) mass is 296 g/mol. The summed E-state index contributed by atoms with van der Waals surface area (Å²) in [7, 11) is 0. The maximum atomic E-state index is 4.30. The standard InChI is InChI=1S/C12H13BrN2S/c1-8-5-10(3-4-11(8)13)15-9(2)12-6-16-7-14-12/h3-7,9,15H,1-2H3. The Labute approximate surface area is 108 Å². The second-order valence-electron chi connectivity index (χ2n) is 3.74. The molecule has 2 rings (SSSR count). The molecule has 0 saturated heterocycles. The Morgan fingerprint density at radius 2 is 2.25 bits per heavy atom. The lowest BCUT2D eigenvalue weighted by Crippen LogP contribution is -2.06. The maximum absolute atomic E-state index is 4.30. The quantitative estimate of drug-likeness (QED) is 0.909. The molecular weight excluding hydrogens is 284 g/mol. The summed E-state index contributed by atoms with van der Waals surface area (Å²) in [5.41, 5.74) is 5.31. The second kappa shape index (κ2) is 4.97. The minimum atomic E-state index is 0.242. The molecule has 0 aliphatic heterocycles. The fraction of sp³-hybridized carbons (Fsp3) is 0.250. The Hall–Kier alpha value is -0.870. The molecule has 0 fully saturated rings. The van der Waals surface area contributed by atoms with Crippen LogP contribution in [0.1, 0.15) is 24.2 Å². The topological polar surface area (TPSA) is 24.9 Å². The van der Waals surface area contributed by atoms with Crippen molar-refractivity contribution >= 4 is 33.0 Å². The largest absolute Gasteiger partial charge is 0.377 e. The van der Waals surface area contributed by atoms with E-state index in [1.54, 1.807) is 11.3 Å². The molecule has 4 heteroatoms. The number of rotatable bonds is 3. The van der Waals surface area contributed by atoms with Crippen LogP contribution >= 0.6 is 27.3 Å². The van der Waals surface area contributed by atoms with Crippen molar-refractivity contribution in [3.05, 3.63) is 44.8 Å².